The molecule has 0 spiro atoms. The third-order valence-corrected chi connectivity index (χ3v) is 21.9. The molecule has 10 N–H and O–H groups in total. The lowest BCUT2D eigenvalue weighted by Gasteiger charge is -2.30. The fourth-order valence-electron chi connectivity index (χ4n) is 10.1. The summed E-state index contributed by atoms with van der Waals surface area (Å²) in [5.41, 5.74) is 13.4. The second-order valence-corrected chi connectivity index (χ2v) is 31.5. The molecule has 31 nitrogen and oxygen atoms in total. The van der Waals surface area contributed by atoms with Crippen LogP contribution in [0, 0.1) is 27.7 Å². The molecule has 0 amide bonds. The minimum Gasteiger partial charge on any atom is -0.488 e. The van der Waals surface area contributed by atoms with Gasteiger partial charge in [-0.05, 0) is 166 Å². The SMILES string of the molecule is CCOc1c(NCS(=O)(=O)O)c(=O)c1=O.CCOc1c(OCC)c(=O)c1=O.Cc1cnccc1-c1cccc(C(C)N(CCN)S(=O)(=O)c2cccc(Cl)c2C)c1.Cc1cnccc1-c1cccc(C(C)N(CCNc2c(NCS(=O)(=O)O)c(=O)c2=O)S(=O)(=O)c2cccc(Cl)c2C)c1.NCS(=O)(=O)O. The first-order chi connectivity index (χ1) is 49.1. The van der Waals surface area contributed by atoms with Crippen molar-refractivity contribution in [3.8, 4) is 39.5 Å². The lowest BCUT2D eigenvalue weighted by molar-refractivity contribution is 0.274. The molecule has 105 heavy (non-hydrogen) atoms. The third kappa shape index (κ3) is 22.9. The highest BCUT2D eigenvalue weighted by molar-refractivity contribution is 7.89. The van der Waals surface area contributed by atoms with Crippen molar-refractivity contribution < 1.29 is 70.0 Å². The third-order valence-electron chi connectivity index (χ3n) is 15.4. The van der Waals surface area contributed by atoms with Crippen molar-refractivity contribution in [2.45, 2.75) is 84.2 Å². The molecule has 568 valence electrons. The maximum Gasteiger partial charge on any atom is 0.283 e. The number of aromatic nitrogens is 2. The zero-order chi connectivity index (χ0) is 78.7. The molecule has 0 radical (unpaired) electrons. The van der Waals surface area contributed by atoms with Crippen molar-refractivity contribution in [3.63, 3.8) is 0 Å². The summed E-state index contributed by atoms with van der Waals surface area (Å²) < 4.78 is 159. The number of halogens is 2. The fourth-order valence-corrected chi connectivity index (χ4v) is 14.9. The molecule has 2 heterocycles. The van der Waals surface area contributed by atoms with Gasteiger partial charge in [-0.3, -0.25) is 52.4 Å². The number of anilines is 3. The van der Waals surface area contributed by atoms with Gasteiger partial charge in [-0.1, -0.05) is 71.7 Å². The summed E-state index contributed by atoms with van der Waals surface area (Å²) in [6.07, 6.45) is 7.00. The van der Waals surface area contributed by atoms with Crippen LogP contribution in [0.4, 0.5) is 17.1 Å². The normalized spacial score (nSPS) is 12.3. The molecular weight excluding hydrogens is 1510 g/mol. The summed E-state index contributed by atoms with van der Waals surface area (Å²) in [5, 5.41) is 7.81. The van der Waals surface area contributed by atoms with E-state index < -0.39 is 113 Å². The summed E-state index contributed by atoms with van der Waals surface area (Å²) in [6, 6.07) is 27.7. The Hall–Kier alpha value is -8.73. The van der Waals surface area contributed by atoms with Crippen molar-refractivity contribution in [1.82, 2.24) is 18.6 Å². The molecule has 2 atom stereocenters. The molecule has 0 fully saturated rings. The van der Waals surface area contributed by atoms with Gasteiger partial charge in [0.25, 0.3) is 62.9 Å². The van der Waals surface area contributed by atoms with Gasteiger partial charge in [-0.15, -0.1) is 0 Å². The highest BCUT2D eigenvalue weighted by Gasteiger charge is 2.34. The summed E-state index contributed by atoms with van der Waals surface area (Å²) in [5.74, 6) is -2.55. The average molecular weight is 1590 g/mol. The number of hydrogen-bond donors (Lipinski definition) is 8. The summed E-state index contributed by atoms with van der Waals surface area (Å²) in [7, 11) is -20.5. The van der Waals surface area contributed by atoms with Crippen molar-refractivity contribution in [2.75, 3.05) is 79.6 Å². The van der Waals surface area contributed by atoms with Crippen LogP contribution in [0.2, 0.25) is 10.0 Å². The predicted octanol–water partition coefficient (Wildman–Crippen LogP) is 6.27. The Morgan fingerprint density at radius 2 is 0.829 bits per heavy atom. The number of nitrogens with two attached hydrogens (primary N) is 2. The van der Waals surface area contributed by atoms with E-state index in [0.29, 0.717) is 34.9 Å². The topological polar surface area (TPSA) is 482 Å². The van der Waals surface area contributed by atoms with E-state index in [-0.39, 0.29) is 81.9 Å². The van der Waals surface area contributed by atoms with Crippen LogP contribution in [-0.4, -0.2) is 138 Å². The van der Waals surface area contributed by atoms with Crippen LogP contribution in [0.1, 0.15) is 80.1 Å². The predicted molar refractivity (Wildman–Crippen MR) is 402 cm³/mol. The maximum absolute atomic E-state index is 14.1. The van der Waals surface area contributed by atoms with Crippen LogP contribution in [0.25, 0.3) is 22.3 Å². The minimum atomic E-state index is -4.46. The average Bonchev–Trinajstić information content (AvgIpc) is 0.801. The number of ether oxygens (including phenoxy) is 3. The van der Waals surface area contributed by atoms with E-state index in [2.05, 4.69) is 31.7 Å². The molecule has 7 aromatic carbocycles. The van der Waals surface area contributed by atoms with Crippen molar-refractivity contribution in [1.29, 1.82) is 0 Å². The van der Waals surface area contributed by atoms with Crippen molar-refractivity contribution >= 4 is 90.7 Å². The Morgan fingerprint density at radius 1 is 0.476 bits per heavy atom. The van der Waals surface area contributed by atoms with Crippen molar-refractivity contribution in [2.24, 2.45) is 11.5 Å². The van der Waals surface area contributed by atoms with Crippen LogP contribution in [-0.2, 0) is 50.4 Å². The van der Waals surface area contributed by atoms with Crippen molar-refractivity contribution in [3.05, 3.63) is 227 Å². The van der Waals surface area contributed by atoms with Gasteiger partial charge in [0.2, 0.25) is 31.5 Å². The number of benzene rings is 4. The smallest absolute Gasteiger partial charge is 0.283 e. The lowest BCUT2D eigenvalue weighted by atomic mass is 9.98. The molecule has 0 aliphatic rings. The minimum absolute atomic E-state index is 0.0209. The van der Waals surface area contributed by atoms with Crippen LogP contribution in [0.15, 0.2) is 160 Å². The van der Waals surface area contributed by atoms with E-state index in [9.17, 15) is 70.9 Å². The zero-order valence-corrected chi connectivity index (χ0v) is 63.7. The molecule has 9 aromatic rings. The molecule has 0 bridgehead atoms. The summed E-state index contributed by atoms with van der Waals surface area (Å²) in [6.45, 7) is 17.1. The molecule has 38 heteroatoms. The standard InChI is InChI=1S/C28H29ClN4O7S2.C23H26ClN3O2S.C8H10O4.C7H9NO6S.CH5NO3S/c1-17-15-30-11-10-22(17)21-7-4-6-20(14-21)19(3)33(42(39,40)24-9-5-8-23(29)18(24)2)13-12-31-25-26(28(35)27(25)34)32-16-41(36,37)38;1-16-15-26-12-10-21(16)20-7-4-6-19(14-20)18(3)27(13-11-25)30(28,29)23-9-5-8-22(24)17(23)2;1-3-11-7-5(9)6(10)8(7)12-4-2;1-2-14-7-4(5(9)6(7)10)8-3-15(11,12)13;2-1-6(3,4)5/h4-11,14-15,19,31-32H,12-13,16H2,1-3H3,(H,36,37,38);4-10,12,14-15,18H,11,13,25H2,1-3H3;3-4H2,1-2H3;8H,2-3H2,1H3,(H,11,12,13);1-2H2,(H,3,4,5). The first-order valence-corrected chi connectivity index (χ1v) is 40.0. The van der Waals surface area contributed by atoms with E-state index in [4.69, 9.17) is 56.8 Å². The van der Waals surface area contributed by atoms with Gasteiger partial charge in [0.15, 0.2) is 5.75 Å². The Balaban J connectivity index is 0.000000270. The number of pyridine rings is 2. The number of rotatable bonds is 29. The van der Waals surface area contributed by atoms with E-state index in [1.807, 2.05) is 87.6 Å². The first-order valence-electron chi connectivity index (χ1n) is 31.5. The number of sulfonamides is 2. The van der Waals surface area contributed by atoms with Gasteiger partial charge in [0, 0.05) is 73.1 Å². The maximum atomic E-state index is 14.1. The highest BCUT2D eigenvalue weighted by atomic mass is 35.5. The Morgan fingerprint density at radius 3 is 1.20 bits per heavy atom. The van der Waals surface area contributed by atoms with E-state index in [0.717, 1.165) is 38.9 Å². The summed E-state index contributed by atoms with van der Waals surface area (Å²) >= 11 is 12.4. The number of aryl methyl sites for hydroxylation is 2. The summed E-state index contributed by atoms with van der Waals surface area (Å²) in [4.78, 5) is 76.1. The molecule has 0 saturated carbocycles. The number of nitrogens with zero attached hydrogens (tertiary/aromatic N) is 4. The van der Waals surface area contributed by atoms with E-state index in [1.165, 1.54) is 14.7 Å². The second kappa shape index (κ2) is 38.0. The lowest BCUT2D eigenvalue weighted by Crippen LogP contribution is -2.41. The van der Waals surface area contributed by atoms with Gasteiger partial charge in [-0.2, -0.15) is 33.9 Å². The fraction of sp³-hybridized carbons (Fsp3) is 0.313. The Bertz CT molecular complexity index is 5340. The second-order valence-electron chi connectivity index (χ2n) is 22.6. The quantitative estimate of drug-likeness (QED) is 0.0189. The van der Waals surface area contributed by atoms with Crippen LogP contribution in [0.5, 0.6) is 17.2 Å². The molecular formula is C67H79Cl2N9O22S5. The van der Waals surface area contributed by atoms with Gasteiger partial charge in [0.05, 0.1) is 29.6 Å². The van der Waals surface area contributed by atoms with E-state index >= 15 is 0 Å². The highest BCUT2D eigenvalue weighted by Crippen LogP contribution is 2.36. The molecule has 0 saturated heterocycles. The van der Waals surface area contributed by atoms with Gasteiger partial charge < -0.3 is 41.6 Å². The molecule has 9 rings (SSSR count). The Labute approximate surface area is 616 Å². The largest absolute Gasteiger partial charge is 0.488 e. The molecule has 0 aliphatic carbocycles. The van der Waals surface area contributed by atoms with Gasteiger partial charge in [-0.25, -0.2) is 16.8 Å². The molecule has 2 unspecified atom stereocenters. The molecule has 0 aliphatic heterocycles. The number of hydrogen-bond acceptors (Lipinski definition) is 26. The monoisotopic (exact) mass is 1590 g/mol. The molecule has 2 aromatic heterocycles. The van der Waals surface area contributed by atoms with Crippen LogP contribution in [0.3, 0.4) is 0 Å². The van der Waals surface area contributed by atoms with Crippen LogP contribution < -0.4 is 74.2 Å². The number of nitrogens with one attached hydrogen (secondary N) is 3. The van der Waals surface area contributed by atoms with Gasteiger partial charge >= 0.3 is 0 Å². The Kier molecular flexibility index (Phi) is 31.5. The zero-order valence-electron chi connectivity index (χ0n) is 58.1. The van der Waals surface area contributed by atoms with E-state index in [1.54, 1.807) is 90.5 Å². The first kappa shape index (κ1) is 86.9. The van der Waals surface area contributed by atoms with Crippen LogP contribution >= 0.6 is 23.2 Å². The van der Waals surface area contributed by atoms with Gasteiger partial charge in [0.1, 0.15) is 34.7 Å².